The number of aromatic nitrogens is 2. The number of methoxy groups -OCH3 is 2. The third kappa shape index (κ3) is 4.26. The average molecular weight is 337 g/mol. The quantitative estimate of drug-likeness (QED) is 0.660. The Hall–Kier alpha value is -2.63. The molecule has 3 rings (SSSR count). The van der Waals surface area contributed by atoms with E-state index in [2.05, 4.69) is 27.6 Å². The molecule has 2 aromatic carbocycles. The molecule has 2 N–H and O–H groups in total. The fraction of sp³-hybridized carbons (Fsp3) is 0.250. The monoisotopic (exact) mass is 337 g/mol. The van der Waals surface area contributed by atoms with E-state index in [4.69, 9.17) is 9.47 Å². The molecule has 0 aliphatic heterocycles. The van der Waals surface area contributed by atoms with E-state index in [1.165, 1.54) is 5.56 Å². The summed E-state index contributed by atoms with van der Waals surface area (Å²) in [5, 5.41) is 10.7. The molecule has 130 valence electrons. The van der Waals surface area contributed by atoms with Crippen molar-refractivity contribution in [2.75, 3.05) is 20.8 Å². The summed E-state index contributed by atoms with van der Waals surface area (Å²) in [6.07, 6.45) is 1.88. The lowest BCUT2D eigenvalue weighted by atomic mass is 10.1. The van der Waals surface area contributed by atoms with Gasteiger partial charge in [0.25, 0.3) is 0 Å². The summed E-state index contributed by atoms with van der Waals surface area (Å²) in [5.74, 6) is 0.841. The molecule has 1 atom stereocenters. The molecule has 3 aromatic rings. The van der Waals surface area contributed by atoms with Crippen molar-refractivity contribution in [2.45, 2.75) is 12.6 Å². The summed E-state index contributed by atoms with van der Waals surface area (Å²) >= 11 is 0. The summed E-state index contributed by atoms with van der Waals surface area (Å²) in [6, 6.07) is 18.2. The van der Waals surface area contributed by atoms with E-state index >= 15 is 0 Å². The lowest BCUT2D eigenvalue weighted by Gasteiger charge is -2.16. The third-order valence-corrected chi connectivity index (χ3v) is 4.20. The van der Waals surface area contributed by atoms with Crippen LogP contribution in [0.5, 0.6) is 5.75 Å². The minimum Gasteiger partial charge on any atom is -0.497 e. The molecule has 0 fully saturated rings. The fourth-order valence-electron chi connectivity index (χ4n) is 2.80. The number of hydrogen-bond donors (Lipinski definition) is 2. The summed E-state index contributed by atoms with van der Waals surface area (Å²) < 4.78 is 10.8. The first kappa shape index (κ1) is 17.2. The zero-order valence-corrected chi connectivity index (χ0v) is 14.5. The number of H-pyrrole nitrogens is 1. The highest BCUT2D eigenvalue weighted by Crippen LogP contribution is 2.24. The van der Waals surface area contributed by atoms with Crippen molar-refractivity contribution in [3.63, 3.8) is 0 Å². The Morgan fingerprint density at radius 3 is 2.48 bits per heavy atom. The lowest BCUT2D eigenvalue weighted by Crippen LogP contribution is -2.22. The van der Waals surface area contributed by atoms with Gasteiger partial charge in [0.2, 0.25) is 0 Å². The van der Waals surface area contributed by atoms with Gasteiger partial charge < -0.3 is 14.8 Å². The first-order valence-electron chi connectivity index (χ1n) is 8.27. The smallest absolute Gasteiger partial charge is 0.118 e. The summed E-state index contributed by atoms with van der Waals surface area (Å²) in [6.45, 7) is 1.44. The average Bonchev–Trinajstić information content (AvgIpc) is 3.14. The molecule has 0 aliphatic carbocycles. The van der Waals surface area contributed by atoms with Crippen LogP contribution in [0.15, 0.2) is 60.8 Å². The number of rotatable bonds is 8. The van der Waals surface area contributed by atoms with E-state index in [9.17, 15) is 0 Å². The Labute approximate surface area is 148 Å². The van der Waals surface area contributed by atoms with Gasteiger partial charge in [0.15, 0.2) is 0 Å². The van der Waals surface area contributed by atoms with Crippen LogP contribution in [-0.4, -0.2) is 31.0 Å². The maximum absolute atomic E-state index is 5.60. The van der Waals surface area contributed by atoms with Crippen molar-refractivity contribution < 1.29 is 9.47 Å². The van der Waals surface area contributed by atoms with Crippen molar-refractivity contribution >= 4 is 0 Å². The Bertz CT molecular complexity index is 769. The first-order valence-corrected chi connectivity index (χ1v) is 8.27. The van der Waals surface area contributed by atoms with Crippen LogP contribution in [0.3, 0.4) is 0 Å². The predicted molar refractivity (Wildman–Crippen MR) is 98.5 cm³/mol. The highest BCUT2D eigenvalue weighted by atomic mass is 16.5. The molecule has 0 aliphatic rings. The lowest BCUT2D eigenvalue weighted by molar-refractivity contribution is 0.102. The van der Waals surface area contributed by atoms with Crippen molar-refractivity contribution in [1.82, 2.24) is 15.5 Å². The molecule has 25 heavy (non-hydrogen) atoms. The van der Waals surface area contributed by atoms with Crippen LogP contribution in [0, 0.1) is 0 Å². The largest absolute Gasteiger partial charge is 0.497 e. The van der Waals surface area contributed by atoms with Gasteiger partial charge in [0.1, 0.15) is 5.75 Å². The zero-order chi connectivity index (χ0) is 17.5. The molecule has 0 saturated heterocycles. The number of hydrogen-bond acceptors (Lipinski definition) is 4. The van der Waals surface area contributed by atoms with Gasteiger partial charge in [-0.15, -0.1) is 0 Å². The van der Waals surface area contributed by atoms with Crippen LogP contribution in [0.25, 0.3) is 11.3 Å². The van der Waals surface area contributed by atoms with Gasteiger partial charge in [-0.2, -0.15) is 5.10 Å². The molecule has 0 amide bonds. The van der Waals surface area contributed by atoms with Crippen LogP contribution >= 0.6 is 0 Å². The predicted octanol–water partition coefficient (Wildman–Crippen LogP) is 3.56. The number of ether oxygens (including phenoxy) is 2. The van der Waals surface area contributed by atoms with Gasteiger partial charge in [-0.1, -0.05) is 30.3 Å². The van der Waals surface area contributed by atoms with Crippen molar-refractivity contribution in [2.24, 2.45) is 0 Å². The minimum atomic E-state index is 0.0255. The van der Waals surface area contributed by atoms with Gasteiger partial charge in [-0.25, -0.2) is 0 Å². The van der Waals surface area contributed by atoms with Gasteiger partial charge in [0.05, 0.1) is 25.1 Å². The summed E-state index contributed by atoms with van der Waals surface area (Å²) in [5.41, 5.74) is 4.39. The topological polar surface area (TPSA) is 59.2 Å². The highest BCUT2D eigenvalue weighted by Gasteiger charge is 2.11. The van der Waals surface area contributed by atoms with Crippen LogP contribution in [0.1, 0.15) is 17.2 Å². The van der Waals surface area contributed by atoms with Crippen LogP contribution < -0.4 is 10.1 Å². The molecule has 0 radical (unpaired) electrons. The van der Waals surface area contributed by atoms with Gasteiger partial charge in [-0.05, 0) is 29.8 Å². The summed E-state index contributed by atoms with van der Waals surface area (Å²) in [4.78, 5) is 0. The molecule has 1 aromatic heterocycles. The second-order valence-electron chi connectivity index (χ2n) is 5.76. The standard InChI is InChI=1S/C20H23N3O2/c1-24-18-10-8-16(9-11-18)20-17(13-22-23-20)12-21-14-19(25-2)15-6-4-3-5-7-15/h3-11,13,19,21H,12,14H2,1-2H3,(H,22,23). The van der Waals surface area contributed by atoms with E-state index in [1.54, 1.807) is 14.2 Å². The van der Waals surface area contributed by atoms with E-state index in [0.29, 0.717) is 6.54 Å². The molecule has 0 saturated carbocycles. The van der Waals surface area contributed by atoms with E-state index in [0.717, 1.165) is 29.1 Å². The Morgan fingerprint density at radius 2 is 1.80 bits per heavy atom. The van der Waals surface area contributed by atoms with Crippen LogP contribution in [-0.2, 0) is 11.3 Å². The van der Waals surface area contributed by atoms with Crippen molar-refractivity contribution in [3.8, 4) is 17.0 Å². The van der Waals surface area contributed by atoms with E-state index < -0.39 is 0 Å². The van der Waals surface area contributed by atoms with Crippen molar-refractivity contribution in [1.29, 1.82) is 0 Å². The second-order valence-corrected chi connectivity index (χ2v) is 5.76. The van der Waals surface area contributed by atoms with E-state index in [1.807, 2.05) is 48.7 Å². The number of nitrogens with one attached hydrogen (secondary N) is 2. The minimum absolute atomic E-state index is 0.0255. The molecular formula is C20H23N3O2. The van der Waals surface area contributed by atoms with Gasteiger partial charge in [-0.3, -0.25) is 5.10 Å². The molecule has 0 bridgehead atoms. The number of benzene rings is 2. The van der Waals surface area contributed by atoms with Crippen LogP contribution in [0.2, 0.25) is 0 Å². The second kappa shape index (κ2) is 8.46. The van der Waals surface area contributed by atoms with Crippen molar-refractivity contribution in [3.05, 3.63) is 71.9 Å². The molecule has 1 heterocycles. The number of nitrogens with zero attached hydrogens (tertiary/aromatic N) is 1. The fourth-order valence-corrected chi connectivity index (χ4v) is 2.80. The summed E-state index contributed by atoms with van der Waals surface area (Å²) in [7, 11) is 3.40. The molecule has 0 spiro atoms. The molecule has 1 unspecified atom stereocenters. The van der Waals surface area contributed by atoms with E-state index in [-0.39, 0.29) is 6.10 Å². The Balaban J connectivity index is 1.63. The SMILES string of the molecule is COc1ccc(-c2[nH]ncc2CNCC(OC)c2ccccc2)cc1. The molecule has 5 heteroatoms. The van der Waals surface area contributed by atoms with Crippen LogP contribution in [0.4, 0.5) is 0 Å². The maximum Gasteiger partial charge on any atom is 0.118 e. The third-order valence-electron chi connectivity index (χ3n) is 4.20. The molecular weight excluding hydrogens is 314 g/mol. The maximum atomic E-state index is 5.60. The number of aromatic amines is 1. The van der Waals surface area contributed by atoms with Gasteiger partial charge in [0, 0.05) is 31.3 Å². The Morgan fingerprint density at radius 1 is 1.04 bits per heavy atom. The first-order chi connectivity index (χ1) is 12.3. The highest BCUT2D eigenvalue weighted by molar-refractivity contribution is 5.63. The van der Waals surface area contributed by atoms with Gasteiger partial charge >= 0.3 is 0 Å². The molecule has 5 nitrogen and oxygen atoms in total. The Kier molecular flexibility index (Phi) is 5.82. The normalized spacial score (nSPS) is 12.1. The zero-order valence-electron chi connectivity index (χ0n) is 14.5.